The fourth-order valence-corrected chi connectivity index (χ4v) is 5.89. The van der Waals surface area contributed by atoms with Gasteiger partial charge in [0, 0.05) is 25.6 Å². The van der Waals surface area contributed by atoms with Crippen molar-refractivity contribution in [1.82, 2.24) is 14.5 Å². The summed E-state index contributed by atoms with van der Waals surface area (Å²) in [6.45, 7) is 2.20. The van der Waals surface area contributed by atoms with E-state index >= 15 is 0 Å². The van der Waals surface area contributed by atoms with Gasteiger partial charge in [-0.05, 0) is 67.3 Å². The van der Waals surface area contributed by atoms with Crippen molar-refractivity contribution in [2.24, 2.45) is 5.92 Å². The van der Waals surface area contributed by atoms with Gasteiger partial charge in [-0.25, -0.2) is 8.42 Å². The number of ether oxygens (including phenoxy) is 2. The molecule has 1 saturated heterocycles. The van der Waals surface area contributed by atoms with E-state index in [0.29, 0.717) is 43.0 Å². The molecule has 0 unspecified atom stereocenters. The average Bonchev–Trinajstić information content (AvgIpc) is 3.40. The Bertz CT molecular complexity index is 1020. The number of benzene rings is 1. The van der Waals surface area contributed by atoms with Crippen LogP contribution in [0.4, 0.5) is 0 Å². The van der Waals surface area contributed by atoms with Crippen LogP contribution in [0.1, 0.15) is 36.1 Å². The average molecular weight is 416 g/mol. The first-order valence-corrected chi connectivity index (χ1v) is 11.8. The minimum atomic E-state index is -3.47. The number of aryl methyl sites for hydroxylation is 2. The lowest BCUT2D eigenvalue weighted by molar-refractivity contribution is 0.179. The van der Waals surface area contributed by atoms with Gasteiger partial charge in [-0.1, -0.05) is 0 Å². The minimum absolute atomic E-state index is 0.324. The second kappa shape index (κ2) is 7.57. The predicted octanol–water partition coefficient (Wildman–Crippen LogP) is 2.38. The van der Waals surface area contributed by atoms with Crippen LogP contribution < -0.4 is 9.47 Å². The number of fused-ring (bicyclic) bond motifs is 2. The van der Waals surface area contributed by atoms with E-state index in [1.807, 2.05) is 6.07 Å². The zero-order valence-corrected chi connectivity index (χ0v) is 17.2. The normalized spacial score (nSPS) is 19.6. The highest BCUT2D eigenvalue weighted by Gasteiger charge is 2.30. The Balaban J connectivity index is 1.18. The Labute approximate surface area is 171 Å². The summed E-state index contributed by atoms with van der Waals surface area (Å²) in [5, 5.41) is 8.42. The maximum atomic E-state index is 13.0. The molecule has 154 valence electrons. The molecular formula is C21H25N3O4S. The summed E-state index contributed by atoms with van der Waals surface area (Å²) in [5.41, 5.74) is 3.31. The molecule has 0 atom stereocenters. The molecule has 0 bridgehead atoms. The monoisotopic (exact) mass is 415 g/mol. The number of aromatic nitrogens is 2. The van der Waals surface area contributed by atoms with Crippen molar-refractivity contribution in [1.29, 1.82) is 0 Å². The van der Waals surface area contributed by atoms with E-state index < -0.39 is 10.0 Å². The molecule has 1 aromatic carbocycles. The van der Waals surface area contributed by atoms with Crippen LogP contribution in [0, 0.1) is 5.92 Å². The van der Waals surface area contributed by atoms with Gasteiger partial charge in [-0.3, -0.25) is 0 Å². The summed E-state index contributed by atoms with van der Waals surface area (Å²) in [6, 6.07) is 7.19. The number of rotatable bonds is 5. The van der Waals surface area contributed by atoms with Crippen molar-refractivity contribution < 1.29 is 17.9 Å². The van der Waals surface area contributed by atoms with Gasteiger partial charge in [0.25, 0.3) is 0 Å². The quantitative estimate of drug-likeness (QED) is 0.746. The molecule has 1 aliphatic carbocycles. The lowest BCUT2D eigenvalue weighted by Gasteiger charge is -2.31. The molecule has 0 radical (unpaired) electrons. The first-order chi connectivity index (χ1) is 14.1. The third kappa shape index (κ3) is 3.71. The zero-order chi connectivity index (χ0) is 19.8. The Hall–Kier alpha value is -2.19. The van der Waals surface area contributed by atoms with Gasteiger partial charge >= 0.3 is 0 Å². The van der Waals surface area contributed by atoms with Gasteiger partial charge in [-0.2, -0.15) is 9.40 Å². The molecule has 5 rings (SSSR count). The van der Waals surface area contributed by atoms with Gasteiger partial charge in [-0.15, -0.1) is 5.10 Å². The summed E-state index contributed by atoms with van der Waals surface area (Å²) in [5.74, 6) is 1.71. The van der Waals surface area contributed by atoms with Crippen molar-refractivity contribution >= 4 is 10.0 Å². The fourth-order valence-electron chi connectivity index (χ4n) is 4.37. The third-order valence-electron chi connectivity index (χ3n) is 6.14. The van der Waals surface area contributed by atoms with Crippen molar-refractivity contribution in [3.8, 4) is 11.6 Å². The number of hydrogen-bond donors (Lipinski definition) is 0. The van der Waals surface area contributed by atoms with Crippen LogP contribution in [0.15, 0.2) is 29.2 Å². The molecule has 3 heterocycles. The summed E-state index contributed by atoms with van der Waals surface area (Å²) in [7, 11) is -3.47. The van der Waals surface area contributed by atoms with Crippen molar-refractivity contribution in [3.05, 3.63) is 41.1 Å². The van der Waals surface area contributed by atoms with E-state index in [0.717, 1.165) is 55.5 Å². The lowest BCUT2D eigenvalue weighted by Crippen LogP contribution is -2.39. The molecule has 8 heteroatoms. The smallest absolute Gasteiger partial charge is 0.243 e. The molecule has 7 nitrogen and oxygen atoms in total. The maximum Gasteiger partial charge on any atom is 0.243 e. The molecule has 0 spiro atoms. The molecule has 29 heavy (non-hydrogen) atoms. The van der Waals surface area contributed by atoms with Gasteiger partial charge < -0.3 is 9.47 Å². The van der Waals surface area contributed by atoms with Crippen molar-refractivity contribution in [3.63, 3.8) is 0 Å². The van der Waals surface area contributed by atoms with Crippen molar-refractivity contribution in [2.75, 3.05) is 26.3 Å². The summed E-state index contributed by atoms with van der Waals surface area (Å²) < 4.78 is 39.0. The molecule has 0 N–H and O–H groups in total. The van der Waals surface area contributed by atoms with E-state index in [2.05, 4.69) is 10.2 Å². The second-order valence-corrected chi connectivity index (χ2v) is 9.97. The Kier molecular flexibility index (Phi) is 4.91. The highest BCUT2D eigenvalue weighted by Crippen LogP contribution is 2.30. The highest BCUT2D eigenvalue weighted by molar-refractivity contribution is 7.89. The SMILES string of the molecule is O=S(=O)(c1ccc2c(c1)CCO2)N1CCC(COc2cc3c(nn2)CCC3)CC1. The largest absolute Gasteiger partial charge is 0.493 e. The van der Waals surface area contributed by atoms with Crippen LogP contribution in [0.5, 0.6) is 11.6 Å². The topological polar surface area (TPSA) is 81.6 Å². The molecule has 2 aromatic rings. The Morgan fingerprint density at radius 2 is 1.93 bits per heavy atom. The molecule has 3 aliphatic rings. The molecule has 1 aromatic heterocycles. The third-order valence-corrected chi connectivity index (χ3v) is 8.03. The number of nitrogens with zero attached hydrogens (tertiary/aromatic N) is 3. The standard InChI is InChI=1S/C21H25N3O4S/c25-29(26,18-4-5-20-17(12-18)8-11-27-20)24-9-6-15(7-10-24)14-28-21-13-16-2-1-3-19(16)22-23-21/h4-5,12-13,15H,1-3,6-11,14H2. The summed E-state index contributed by atoms with van der Waals surface area (Å²) in [4.78, 5) is 0.366. The van der Waals surface area contributed by atoms with Gasteiger partial charge in [0.1, 0.15) is 5.75 Å². The molecule has 1 fully saturated rings. The first kappa shape index (κ1) is 18.8. The zero-order valence-electron chi connectivity index (χ0n) is 16.3. The summed E-state index contributed by atoms with van der Waals surface area (Å²) >= 11 is 0. The van der Waals surface area contributed by atoms with Crippen LogP contribution in [0.2, 0.25) is 0 Å². The highest BCUT2D eigenvalue weighted by atomic mass is 32.2. The number of sulfonamides is 1. The van der Waals surface area contributed by atoms with Crippen LogP contribution >= 0.6 is 0 Å². The van der Waals surface area contributed by atoms with Gasteiger partial charge in [0.15, 0.2) is 0 Å². The Morgan fingerprint density at radius 1 is 1.07 bits per heavy atom. The molecular weight excluding hydrogens is 390 g/mol. The van der Waals surface area contributed by atoms with Gasteiger partial charge in [0.2, 0.25) is 15.9 Å². The first-order valence-electron chi connectivity index (χ1n) is 10.3. The van der Waals surface area contributed by atoms with Crippen LogP contribution in [-0.2, 0) is 29.3 Å². The van der Waals surface area contributed by atoms with Crippen LogP contribution in [-0.4, -0.2) is 49.2 Å². The van der Waals surface area contributed by atoms with E-state index in [4.69, 9.17) is 9.47 Å². The fraction of sp³-hybridized carbons (Fsp3) is 0.524. The second-order valence-electron chi connectivity index (χ2n) is 8.03. The number of piperidine rings is 1. The van der Waals surface area contributed by atoms with E-state index in [9.17, 15) is 8.42 Å². The molecule has 2 aliphatic heterocycles. The molecule has 0 saturated carbocycles. The predicted molar refractivity (Wildman–Crippen MR) is 107 cm³/mol. The Morgan fingerprint density at radius 3 is 2.79 bits per heavy atom. The number of hydrogen-bond acceptors (Lipinski definition) is 6. The van der Waals surface area contributed by atoms with E-state index in [1.165, 1.54) is 5.56 Å². The van der Waals surface area contributed by atoms with Crippen LogP contribution in [0.3, 0.4) is 0 Å². The minimum Gasteiger partial charge on any atom is -0.493 e. The lowest BCUT2D eigenvalue weighted by atomic mass is 9.99. The maximum absolute atomic E-state index is 13.0. The van der Waals surface area contributed by atoms with Gasteiger partial charge in [0.05, 0.1) is 23.8 Å². The summed E-state index contributed by atoms with van der Waals surface area (Å²) in [6.07, 6.45) is 5.53. The van der Waals surface area contributed by atoms with Crippen molar-refractivity contribution in [2.45, 2.75) is 43.4 Å². The van der Waals surface area contributed by atoms with Crippen LogP contribution in [0.25, 0.3) is 0 Å². The molecule has 0 amide bonds. The van der Waals surface area contributed by atoms with E-state index in [-0.39, 0.29) is 0 Å². The van der Waals surface area contributed by atoms with E-state index in [1.54, 1.807) is 22.5 Å².